The van der Waals surface area contributed by atoms with Crippen molar-refractivity contribution in [2.75, 3.05) is 24.5 Å². The SMILES string of the molecule is CCN(CC)S(=O)(=O)c1ccc(C(=O)N2CCc3cc4cccc(C)c4nc32)cc1. The third-order valence-electron chi connectivity index (χ3n) is 5.65. The second kappa shape index (κ2) is 7.81. The highest BCUT2D eigenvalue weighted by atomic mass is 32.2. The Morgan fingerprint density at radius 2 is 1.80 bits per heavy atom. The molecule has 30 heavy (non-hydrogen) atoms. The van der Waals surface area contributed by atoms with Crippen molar-refractivity contribution >= 4 is 32.7 Å². The van der Waals surface area contributed by atoms with Crippen molar-refractivity contribution in [3.8, 4) is 0 Å². The van der Waals surface area contributed by atoms with Crippen LogP contribution in [0.3, 0.4) is 0 Å². The fraction of sp³-hybridized carbons (Fsp3) is 0.304. The van der Waals surface area contributed by atoms with E-state index in [1.165, 1.54) is 16.4 Å². The number of anilines is 1. The number of para-hydroxylation sites is 1. The monoisotopic (exact) mass is 423 g/mol. The van der Waals surface area contributed by atoms with E-state index in [4.69, 9.17) is 4.98 Å². The molecule has 1 amide bonds. The number of benzene rings is 2. The number of nitrogens with zero attached hydrogens (tertiary/aromatic N) is 3. The number of aromatic nitrogens is 1. The summed E-state index contributed by atoms with van der Waals surface area (Å²) in [7, 11) is -3.54. The lowest BCUT2D eigenvalue weighted by Crippen LogP contribution is -2.31. The molecule has 1 aromatic heterocycles. The molecule has 6 nitrogen and oxygen atoms in total. The molecule has 0 radical (unpaired) electrons. The van der Waals surface area contributed by atoms with Crippen molar-refractivity contribution in [3.63, 3.8) is 0 Å². The molecule has 4 rings (SSSR count). The Kier molecular flexibility index (Phi) is 5.34. The predicted octanol–water partition coefficient (Wildman–Crippen LogP) is 3.78. The van der Waals surface area contributed by atoms with E-state index in [0.717, 1.165) is 28.5 Å². The summed E-state index contributed by atoms with van der Waals surface area (Å²) in [6.45, 7) is 7.00. The third kappa shape index (κ3) is 3.38. The maximum Gasteiger partial charge on any atom is 0.259 e. The molecule has 0 aliphatic carbocycles. The lowest BCUT2D eigenvalue weighted by atomic mass is 10.1. The van der Waals surface area contributed by atoms with E-state index in [2.05, 4.69) is 6.07 Å². The number of sulfonamides is 1. The first kappa shape index (κ1) is 20.5. The summed E-state index contributed by atoms with van der Waals surface area (Å²) in [5, 5.41) is 1.08. The first-order valence-corrected chi connectivity index (χ1v) is 11.6. The van der Waals surface area contributed by atoms with Crippen LogP contribution < -0.4 is 4.90 Å². The van der Waals surface area contributed by atoms with Crippen LogP contribution in [0.15, 0.2) is 53.4 Å². The summed E-state index contributed by atoms with van der Waals surface area (Å²) in [6.07, 6.45) is 0.756. The summed E-state index contributed by atoms with van der Waals surface area (Å²) in [4.78, 5) is 19.8. The summed E-state index contributed by atoms with van der Waals surface area (Å²) < 4.78 is 26.7. The Morgan fingerprint density at radius 3 is 2.47 bits per heavy atom. The van der Waals surface area contributed by atoms with Gasteiger partial charge in [-0.25, -0.2) is 13.4 Å². The first-order valence-electron chi connectivity index (χ1n) is 10.2. The van der Waals surface area contributed by atoms with Gasteiger partial charge in [0.15, 0.2) is 0 Å². The number of amides is 1. The molecule has 0 fully saturated rings. The van der Waals surface area contributed by atoms with Crippen LogP contribution in [-0.4, -0.2) is 43.2 Å². The highest BCUT2D eigenvalue weighted by Crippen LogP contribution is 2.31. The van der Waals surface area contributed by atoms with E-state index in [1.807, 2.05) is 39.0 Å². The summed E-state index contributed by atoms with van der Waals surface area (Å²) >= 11 is 0. The van der Waals surface area contributed by atoms with Crippen LogP contribution in [0.25, 0.3) is 10.9 Å². The van der Waals surface area contributed by atoms with Gasteiger partial charge in [-0.3, -0.25) is 9.69 Å². The largest absolute Gasteiger partial charge is 0.292 e. The van der Waals surface area contributed by atoms with Gasteiger partial charge in [-0.05, 0) is 54.8 Å². The number of rotatable bonds is 5. The van der Waals surface area contributed by atoms with Crippen LogP contribution >= 0.6 is 0 Å². The van der Waals surface area contributed by atoms with E-state index in [1.54, 1.807) is 17.0 Å². The summed E-state index contributed by atoms with van der Waals surface area (Å²) in [5.74, 6) is 0.530. The molecule has 0 N–H and O–H groups in total. The van der Waals surface area contributed by atoms with Gasteiger partial charge < -0.3 is 0 Å². The molecular weight excluding hydrogens is 398 g/mol. The average molecular weight is 424 g/mol. The number of hydrogen-bond donors (Lipinski definition) is 0. The molecule has 2 heterocycles. The molecular formula is C23H25N3O3S. The van der Waals surface area contributed by atoms with Gasteiger partial charge in [-0.1, -0.05) is 32.0 Å². The van der Waals surface area contributed by atoms with Crippen molar-refractivity contribution in [1.29, 1.82) is 0 Å². The maximum absolute atomic E-state index is 13.2. The normalized spacial score (nSPS) is 13.8. The third-order valence-corrected chi connectivity index (χ3v) is 7.72. The lowest BCUT2D eigenvalue weighted by Gasteiger charge is -2.19. The number of hydrogen-bond acceptors (Lipinski definition) is 4. The van der Waals surface area contributed by atoms with E-state index < -0.39 is 10.0 Å². The Labute approximate surface area is 177 Å². The minimum Gasteiger partial charge on any atom is -0.292 e. The van der Waals surface area contributed by atoms with E-state index in [-0.39, 0.29) is 10.8 Å². The van der Waals surface area contributed by atoms with Gasteiger partial charge in [0.2, 0.25) is 10.0 Å². The minimum absolute atomic E-state index is 0.166. The number of carbonyl (C=O) groups excluding carboxylic acids is 1. The van der Waals surface area contributed by atoms with Gasteiger partial charge in [0.1, 0.15) is 5.82 Å². The summed E-state index contributed by atoms with van der Waals surface area (Å²) in [6, 6.07) is 14.4. The number of carbonyl (C=O) groups is 1. The highest BCUT2D eigenvalue weighted by Gasteiger charge is 2.28. The van der Waals surface area contributed by atoms with Crippen molar-refractivity contribution in [2.45, 2.75) is 32.1 Å². The lowest BCUT2D eigenvalue weighted by molar-refractivity contribution is 0.0988. The number of fused-ring (bicyclic) bond motifs is 2. The van der Waals surface area contributed by atoms with Gasteiger partial charge >= 0.3 is 0 Å². The van der Waals surface area contributed by atoms with Crippen LogP contribution in [0, 0.1) is 6.92 Å². The van der Waals surface area contributed by atoms with Gasteiger partial charge in [0.25, 0.3) is 5.91 Å². The number of aryl methyl sites for hydroxylation is 1. The number of pyridine rings is 1. The fourth-order valence-electron chi connectivity index (χ4n) is 3.97. The quantitative estimate of drug-likeness (QED) is 0.626. The second-order valence-electron chi connectivity index (χ2n) is 7.44. The molecule has 156 valence electrons. The van der Waals surface area contributed by atoms with Crippen LogP contribution in [-0.2, 0) is 16.4 Å². The van der Waals surface area contributed by atoms with E-state index >= 15 is 0 Å². The van der Waals surface area contributed by atoms with Gasteiger partial charge in [-0.2, -0.15) is 4.31 Å². The fourth-order valence-corrected chi connectivity index (χ4v) is 5.43. The van der Waals surface area contributed by atoms with Crippen LogP contribution in [0.4, 0.5) is 5.82 Å². The molecule has 0 unspecified atom stereocenters. The second-order valence-corrected chi connectivity index (χ2v) is 9.38. The summed E-state index contributed by atoms with van der Waals surface area (Å²) in [5.41, 5.74) is 3.48. The molecule has 0 bridgehead atoms. The highest BCUT2D eigenvalue weighted by molar-refractivity contribution is 7.89. The van der Waals surface area contributed by atoms with Gasteiger partial charge in [0.05, 0.1) is 10.4 Å². The standard InChI is InChI=1S/C23H25N3O3S/c1-4-25(5-2)30(28,29)20-11-9-17(10-12-20)23(27)26-14-13-19-15-18-8-6-7-16(3)21(18)24-22(19)26/h6-12,15H,4-5,13-14H2,1-3H3. The smallest absolute Gasteiger partial charge is 0.259 e. The van der Waals surface area contributed by atoms with Crippen molar-refractivity contribution in [2.24, 2.45) is 0 Å². The van der Waals surface area contributed by atoms with E-state index in [9.17, 15) is 13.2 Å². The topological polar surface area (TPSA) is 70.6 Å². The Balaban J connectivity index is 1.65. The van der Waals surface area contributed by atoms with E-state index in [0.29, 0.717) is 31.0 Å². The van der Waals surface area contributed by atoms with Crippen LogP contribution in [0.2, 0.25) is 0 Å². The molecule has 0 spiro atoms. The zero-order valence-corrected chi connectivity index (χ0v) is 18.2. The molecule has 7 heteroatoms. The van der Waals surface area contributed by atoms with Crippen molar-refractivity contribution in [1.82, 2.24) is 9.29 Å². The zero-order chi connectivity index (χ0) is 21.5. The van der Waals surface area contributed by atoms with Crippen molar-refractivity contribution < 1.29 is 13.2 Å². The molecule has 2 aromatic carbocycles. The zero-order valence-electron chi connectivity index (χ0n) is 17.4. The predicted molar refractivity (Wildman–Crippen MR) is 118 cm³/mol. The average Bonchev–Trinajstić information content (AvgIpc) is 3.16. The first-order chi connectivity index (χ1) is 14.4. The molecule has 1 aliphatic heterocycles. The maximum atomic E-state index is 13.2. The molecule has 0 atom stereocenters. The molecule has 3 aromatic rings. The molecule has 0 saturated carbocycles. The Bertz CT molecular complexity index is 1220. The molecule has 1 aliphatic rings. The van der Waals surface area contributed by atoms with Crippen LogP contribution in [0.1, 0.15) is 35.3 Å². The minimum atomic E-state index is -3.54. The molecule has 0 saturated heterocycles. The van der Waals surface area contributed by atoms with Gasteiger partial charge in [-0.15, -0.1) is 0 Å². The Morgan fingerprint density at radius 1 is 1.10 bits per heavy atom. The van der Waals surface area contributed by atoms with Crippen molar-refractivity contribution in [3.05, 3.63) is 65.2 Å². The Hall–Kier alpha value is -2.77. The van der Waals surface area contributed by atoms with Gasteiger partial charge in [0, 0.05) is 30.6 Å². The van der Waals surface area contributed by atoms with Crippen LogP contribution in [0.5, 0.6) is 0 Å².